The number of aliphatic hydroxyl groups excluding tert-OH is 1. The van der Waals surface area contributed by atoms with Crippen molar-refractivity contribution in [3.63, 3.8) is 0 Å². The molecule has 4 rings (SSSR count). The summed E-state index contributed by atoms with van der Waals surface area (Å²) in [6.45, 7) is 11.9. The number of carbonyl (C=O) groups is 3. The van der Waals surface area contributed by atoms with Crippen molar-refractivity contribution in [2.24, 2.45) is 34.0 Å². The van der Waals surface area contributed by atoms with Gasteiger partial charge < -0.3 is 25.6 Å². The van der Waals surface area contributed by atoms with E-state index in [2.05, 4.69) is 24.1 Å². The van der Waals surface area contributed by atoms with E-state index in [1.54, 1.807) is 12.1 Å². The van der Waals surface area contributed by atoms with Crippen LogP contribution >= 0.6 is 11.8 Å². The largest absolute Gasteiger partial charge is 0.480 e. The third kappa shape index (κ3) is 5.39. The van der Waals surface area contributed by atoms with Gasteiger partial charge in [-0.15, -0.1) is 18.3 Å². The van der Waals surface area contributed by atoms with Crippen molar-refractivity contribution in [3.05, 3.63) is 33.1 Å². The number of hydrogen-bond donors (Lipinski definition) is 4. The normalized spacial score (nSPS) is 36.0. The first kappa shape index (κ1) is 32.7. The summed E-state index contributed by atoms with van der Waals surface area (Å²) in [5.41, 5.74) is -3.88. The van der Waals surface area contributed by atoms with Crippen molar-refractivity contribution in [1.82, 2.24) is 0 Å². The number of carbonyl (C=O) groups excluding carboxylic acids is 2. The molecule has 1 aromatic carbocycles. The molecule has 9 atom stereocenters. The number of aliphatic carboxylic acids is 1. The average molecular weight is 616 g/mol. The van der Waals surface area contributed by atoms with Crippen LogP contribution in [0.2, 0.25) is 0 Å². The number of ether oxygens (including phenoxy) is 1. The first-order valence-electron chi connectivity index (χ1n) is 14.7. The predicted octanol–water partition coefficient (Wildman–Crippen LogP) is 2.72. The number of carboxylic acid groups (broad SMARTS) is 1. The number of anilines is 2. The Morgan fingerprint density at radius 2 is 1.88 bits per heavy atom. The molecule has 0 amide bonds. The summed E-state index contributed by atoms with van der Waals surface area (Å²) in [6, 6.07) is 0.493. The van der Waals surface area contributed by atoms with Gasteiger partial charge in [-0.2, -0.15) is 5.26 Å². The van der Waals surface area contributed by atoms with E-state index in [9.17, 15) is 34.2 Å². The van der Waals surface area contributed by atoms with E-state index in [0.717, 1.165) is 24.6 Å². The zero-order valence-electron chi connectivity index (χ0n) is 25.1. The zero-order valence-corrected chi connectivity index (χ0v) is 25.9. The Morgan fingerprint density at radius 3 is 2.51 bits per heavy atom. The van der Waals surface area contributed by atoms with Gasteiger partial charge in [0.25, 0.3) is 10.9 Å². The number of nitriles is 1. The number of rotatable bonds is 11. The minimum Gasteiger partial charge on any atom is -0.480 e. The highest BCUT2D eigenvalue weighted by atomic mass is 32.2. The average Bonchev–Trinajstić information content (AvgIpc) is 3.33. The standard InChI is InChI=1S/C31H41N3O8S/c1-6-29(4)13-20(30(5)16(2)7-9-31(17(3)27(29)39)10-8-19(35)26(30)31)42-21(36)15-43-14-18(28(40)41)34-23-22(33-12-11-32)24(37)25(23)38/h6,16-18,20,26-27,33-34,39H,1,7-10,12-15H2,2-5H3,(H,40,41)/t16-,17+,18?,20-,26+,27+,29-,30+,31+/m1/s1. The minimum atomic E-state index is -1.29. The third-order valence-corrected chi connectivity index (χ3v) is 12.0. The van der Waals surface area contributed by atoms with Gasteiger partial charge in [0.1, 0.15) is 35.8 Å². The molecule has 234 valence electrons. The van der Waals surface area contributed by atoms with E-state index in [1.807, 2.05) is 20.8 Å². The van der Waals surface area contributed by atoms with Crippen LogP contribution in [-0.2, 0) is 19.1 Å². The second kappa shape index (κ2) is 12.1. The highest BCUT2D eigenvalue weighted by Crippen LogP contribution is 2.68. The van der Waals surface area contributed by atoms with E-state index in [0.29, 0.717) is 19.3 Å². The molecule has 0 saturated heterocycles. The first-order valence-corrected chi connectivity index (χ1v) is 15.9. The van der Waals surface area contributed by atoms with Gasteiger partial charge in [0.2, 0.25) is 0 Å². The lowest BCUT2D eigenvalue weighted by atomic mass is 9.44. The summed E-state index contributed by atoms with van der Waals surface area (Å²) < 4.78 is 6.18. The number of hydrogen-bond acceptors (Lipinski definition) is 11. The monoisotopic (exact) mass is 615 g/mol. The lowest BCUT2D eigenvalue weighted by Gasteiger charge is -2.61. The van der Waals surface area contributed by atoms with E-state index in [-0.39, 0.29) is 53.0 Å². The molecule has 2 bridgehead atoms. The van der Waals surface area contributed by atoms with Crippen LogP contribution in [0.15, 0.2) is 22.2 Å². The van der Waals surface area contributed by atoms with E-state index >= 15 is 0 Å². The van der Waals surface area contributed by atoms with E-state index in [1.165, 1.54) is 0 Å². The van der Waals surface area contributed by atoms with Crippen LogP contribution in [0.1, 0.15) is 59.8 Å². The molecule has 0 radical (unpaired) electrons. The number of nitrogens with one attached hydrogen (secondary N) is 2. The van der Waals surface area contributed by atoms with Crippen LogP contribution in [0.3, 0.4) is 0 Å². The molecule has 3 saturated carbocycles. The van der Waals surface area contributed by atoms with Gasteiger partial charge in [-0.1, -0.05) is 33.8 Å². The molecule has 1 aromatic rings. The second-order valence-corrected chi connectivity index (χ2v) is 14.1. The van der Waals surface area contributed by atoms with Gasteiger partial charge in [0.05, 0.1) is 17.9 Å². The molecule has 12 heteroatoms. The van der Waals surface area contributed by atoms with Crippen molar-refractivity contribution in [3.8, 4) is 6.07 Å². The van der Waals surface area contributed by atoms with Gasteiger partial charge in [0.15, 0.2) is 0 Å². The van der Waals surface area contributed by atoms with Crippen molar-refractivity contribution in [2.75, 3.05) is 28.7 Å². The maximum absolute atomic E-state index is 13.5. The van der Waals surface area contributed by atoms with Crippen molar-refractivity contribution in [1.29, 1.82) is 5.26 Å². The Bertz CT molecular complexity index is 1410. The number of carboxylic acids is 1. The summed E-state index contributed by atoms with van der Waals surface area (Å²) in [6.07, 6.45) is 3.36. The summed E-state index contributed by atoms with van der Waals surface area (Å²) in [7, 11) is 0. The Kier molecular flexibility index (Phi) is 9.20. The topological polar surface area (TPSA) is 183 Å². The number of aliphatic hydroxyl groups is 1. The minimum absolute atomic E-state index is 0.0788. The van der Waals surface area contributed by atoms with Crippen molar-refractivity contribution in [2.45, 2.75) is 78.0 Å². The van der Waals surface area contributed by atoms with E-state index < -0.39 is 57.3 Å². The summed E-state index contributed by atoms with van der Waals surface area (Å²) in [5, 5.41) is 35.1. The number of thioether (sulfide) groups is 1. The fourth-order valence-electron chi connectivity index (χ4n) is 8.13. The highest BCUT2D eigenvalue weighted by molar-refractivity contribution is 8.00. The SMILES string of the molecule is C=C[C@]1(C)C[C@@H](OC(=O)CSCC(Nc2c(NCC#N)c(=O)c2=O)C(=O)O)[C@]2(C)[C@H](C)CC[C@]3(CCC(=O)[C@H]32)[C@@H](C)[C@@H]1O. The number of Topliss-reactive ketones (excluding diaryl/α,β-unsaturated/α-hetero) is 1. The number of esters is 1. The number of nitrogens with zero attached hydrogens (tertiary/aromatic N) is 1. The van der Waals surface area contributed by atoms with Crippen LogP contribution in [0.4, 0.5) is 11.4 Å². The molecule has 0 aliphatic heterocycles. The fraction of sp³-hybridized carbons (Fsp3) is 0.677. The van der Waals surface area contributed by atoms with Gasteiger partial charge in [-0.3, -0.25) is 19.2 Å². The molecule has 43 heavy (non-hydrogen) atoms. The quantitative estimate of drug-likeness (QED) is 0.124. The highest BCUT2D eigenvalue weighted by Gasteiger charge is 2.68. The lowest BCUT2D eigenvalue weighted by molar-refractivity contribution is -0.205. The molecule has 1 unspecified atom stereocenters. The van der Waals surface area contributed by atoms with Gasteiger partial charge in [0, 0.05) is 28.9 Å². The molecule has 3 fully saturated rings. The number of ketones is 1. The first-order chi connectivity index (χ1) is 20.2. The second-order valence-electron chi connectivity index (χ2n) is 13.0. The van der Waals surface area contributed by atoms with Gasteiger partial charge >= 0.3 is 11.9 Å². The van der Waals surface area contributed by atoms with E-state index in [4.69, 9.17) is 10.00 Å². The molecule has 0 aromatic heterocycles. The molecule has 11 nitrogen and oxygen atoms in total. The molecule has 0 heterocycles. The third-order valence-electron chi connectivity index (χ3n) is 11.0. The Labute approximate surface area is 255 Å². The van der Waals surface area contributed by atoms with Crippen molar-refractivity contribution < 1.29 is 29.3 Å². The lowest BCUT2D eigenvalue weighted by Crippen LogP contribution is -2.63. The molecule has 3 aliphatic rings. The molecule has 4 N–H and O–H groups in total. The predicted molar refractivity (Wildman–Crippen MR) is 162 cm³/mol. The summed E-state index contributed by atoms with van der Waals surface area (Å²) in [5.74, 6) is -2.43. The molecular weight excluding hydrogens is 574 g/mol. The summed E-state index contributed by atoms with van der Waals surface area (Å²) >= 11 is 0.996. The molecular formula is C31H41N3O8S. The van der Waals surface area contributed by atoms with Gasteiger partial charge in [-0.25, -0.2) is 4.79 Å². The fourth-order valence-corrected chi connectivity index (χ4v) is 8.94. The molecule has 0 spiro atoms. The van der Waals surface area contributed by atoms with Crippen LogP contribution in [0.25, 0.3) is 0 Å². The smallest absolute Gasteiger partial charge is 0.326 e. The maximum Gasteiger partial charge on any atom is 0.326 e. The van der Waals surface area contributed by atoms with Crippen LogP contribution in [0.5, 0.6) is 0 Å². The Morgan fingerprint density at radius 1 is 1.21 bits per heavy atom. The van der Waals surface area contributed by atoms with Crippen LogP contribution in [-0.4, -0.2) is 64.2 Å². The summed E-state index contributed by atoms with van der Waals surface area (Å²) in [4.78, 5) is 62.5. The van der Waals surface area contributed by atoms with Crippen LogP contribution in [0, 0.1) is 45.3 Å². The maximum atomic E-state index is 13.5. The molecule has 3 aliphatic carbocycles. The van der Waals surface area contributed by atoms with Crippen molar-refractivity contribution >= 4 is 40.9 Å². The Hall–Kier alpha value is -3.17. The van der Waals surface area contributed by atoms with Gasteiger partial charge in [-0.05, 0) is 42.9 Å². The zero-order chi connectivity index (χ0) is 31.9. The Balaban J connectivity index is 1.52. The van der Waals surface area contributed by atoms with Crippen LogP contribution < -0.4 is 21.5 Å².